The number of hydrogen-bond acceptors (Lipinski definition) is 6. The monoisotopic (exact) mass is 272 g/mol. The summed E-state index contributed by atoms with van der Waals surface area (Å²) in [5.74, 6) is 0.187. The van der Waals surface area contributed by atoms with Crippen LogP contribution in [0.4, 0.5) is 5.13 Å². The number of aromatic nitrogens is 2. The first-order valence-corrected chi connectivity index (χ1v) is 6.85. The molecule has 0 saturated heterocycles. The van der Waals surface area contributed by atoms with Crippen molar-refractivity contribution in [3.05, 3.63) is 5.01 Å². The Hall–Kier alpha value is -1.05. The van der Waals surface area contributed by atoms with Crippen molar-refractivity contribution in [2.75, 3.05) is 31.6 Å². The average molecular weight is 272 g/mol. The van der Waals surface area contributed by atoms with Gasteiger partial charge in [-0.25, -0.2) is 0 Å². The lowest BCUT2D eigenvalue weighted by atomic mass is 10.2. The predicted octanol–water partition coefficient (Wildman–Crippen LogP) is 0.914. The van der Waals surface area contributed by atoms with Crippen LogP contribution in [0.5, 0.6) is 0 Å². The van der Waals surface area contributed by atoms with Gasteiger partial charge in [0.1, 0.15) is 5.01 Å². The zero-order valence-corrected chi connectivity index (χ0v) is 11.8. The van der Waals surface area contributed by atoms with Crippen LogP contribution < -0.4 is 5.32 Å². The molecule has 0 fully saturated rings. The lowest BCUT2D eigenvalue weighted by Crippen LogP contribution is -2.35. The minimum atomic E-state index is -0.128. The van der Waals surface area contributed by atoms with Gasteiger partial charge in [0.05, 0.1) is 13.2 Å². The molecule has 102 valence electrons. The molecule has 1 heterocycles. The molecule has 0 bridgehead atoms. The van der Waals surface area contributed by atoms with Crippen LogP contribution in [0.3, 0.4) is 0 Å². The van der Waals surface area contributed by atoms with E-state index in [2.05, 4.69) is 15.5 Å². The van der Waals surface area contributed by atoms with Gasteiger partial charge in [-0.3, -0.25) is 15.0 Å². The maximum atomic E-state index is 11.7. The number of hydrogen-bond donors (Lipinski definition) is 2. The first-order chi connectivity index (χ1) is 8.56. The molecule has 7 heteroatoms. The Labute approximate surface area is 111 Å². The number of likely N-dealkylation sites (N-methyl/N-ethyl adjacent to an activating group) is 1. The molecule has 6 nitrogen and oxygen atoms in total. The van der Waals surface area contributed by atoms with Gasteiger partial charge in [-0.05, 0) is 6.54 Å². The van der Waals surface area contributed by atoms with Crippen LogP contribution >= 0.6 is 11.3 Å². The third-order valence-electron chi connectivity index (χ3n) is 2.41. The first-order valence-electron chi connectivity index (χ1n) is 6.03. The van der Waals surface area contributed by atoms with Crippen LogP contribution in [0.25, 0.3) is 0 Å². The second-order valence-electron chi connectivity index (χ2n) is 4.24. The fourth-order valence-corrected chi connectivity index (χ4v) is 2.13. The summed E-state index contributed by atoms with van der Waals surface area (Å²) in [6, 6.07) is 0. The van der Waals surface area contributed by atoms with Gasteiger partial charge in [0.25, 0.3) is 0 Å². The van der Waals surface area contributed by atoms with Crippen molar-refractivity contribution in [3.63, 3.8) is 0 Å². The summed E-state index contributed by atoms with van der Waals surface area (Å²) < 4.78 is 0. The highest BCUT2D eigenvalue weighted by Crippen LogP contribution is 2.22. The lowest BCUT2D eigenvalue weighted by molar-refractivity contribution is -0.117. The third kappa shape index (κ3) is 4.67. The van der Waals surface area contributed by atoms with E-state index in [4.69, 9.17) is 5.11 Å². The van der Waals surface area contributed by atoms with Gasteiger partial charge < -0.3 is 5.11 Å². The smallest absolute Gasteiger partial charge is 0.240 e. The van der Waals surface area contributed by atoms with Crippen molar-refractivity contribution < 1.29 is 9.90 Å². The van der Waals surface area contributed by atoms with Crippen LogP contribution in [0.15, 0.2) is 0 Å². The van der Waals surface area contributed by atoms with Crippen LogP contribution in [-0.2, 0) is 4.79 Å². The van der Waals surface area contributed by atoms with Gasteiger partial charge in [-0.1, -0.05) is 32.1 Å². The van der Waals surface area contributed by atoms with E-state index in [9.17, 15) is 4.79 Å². The molecule has 0 spiro atoms. The zero-order valence-electron chi connectivity index (χ0n) is 11.0. The summed E-state index contributed by atoms with van der Waals surface area (Å²) in [5, 5.41) is 20.9. The zero-order chi connectivity index (χ0) is 13.5. The Morgan fingerprint density at radius 2 is 2.22 bits per heavy atom. The molecular weight excluding hydrogens is 252 g/mol. The third-order valence-corrected chi connectivity index (χ3v) is 3.55. The van der Waals surface area contributed by atoms with Crippen molar-refractivity contribution in [1.29, 1.82) is 0 Å². The molecule has 0 atom stereocenters. The summed E-state index contributed by atoms with van der Waals surface area (Å²) in [4.78, 5) is 13.6. The Kier molecular flexibility index (Phi) is 6.17. The summed E-state index contributed by atoms with van der Waals surface area (Å²) in [6.07, 6.45) is 0. The molecule has 18 heavy (non-hydrogen) atoms. The van der Waals surface area contributed by atoms with Crippen LogP contribution in [-0.4, -0.2) is 52.4 Å². The van der Waals surface area contributed by atoms with Crippen molar-refractivity contribution in [3.8, 4) is 0 Å². The first kappa shape index (κ1) is 15.0. The van der Waals surface area contributed by atoms with E-state index in [1.54, 1.807) is 0 Å². The second-order valence-corrected chi connectivity index (χ2v) is 5.25. The van der Waals surface area contributed by atoms with Crippen molar-refractivity contribution in [2.45, 2.75) is 26.7 Å². The number of carbonyl (C=O) groups excluding carboxylic acids is 1. The van der Waals surface area contributed by atoms with E-state index in [-0.39, 0.29) is 19.1 Å². The van der Waals surface area contributed by atoms with Gasteiger partial charge in [-0.15, -0.1) is 10.2 Å². The van der Waals surface area contributed by atoms with Gasteiger partial charge in [0.2, 0.25) is 11.0 Å². The molecule has 1 rings (SSSR count). The average Bonchev–Trinajstić information content (AvgIpc) is 2.77. The van der Waals surface area contributed by atoms with Gasteiger partial charge in [0, 0.05) is 12.5 Å². The molecule has 0 unspecified atom stereocenters. The topological polar surface area (TPSA) is 78.4 Å². The molecule has 2 N–H and O–H groups in total. The Morgan fingerprint density at radius 1 is 1.50 bits per heavy atom. The SMILES string of the molecule is CCN(CCO)CC(=O)Nc1nnc(C(C)C)s1. The van der Waals surface area contributed by atoms with E-state index in [0.717, 1.165) is 11.6 Å². The van der Waals surface area contributed by atoms with Gasteiger partial charge >= 0.3 is 0 Å². The number of nitrogens with one attached hydrogen (secondary N) is 1. The van der Waals surface area contributed by atoms with E-state index >= 15 is 0 Å². The minimum absolute atomic E-state index is 0.0530. The maximum absolute atomic E-state index is 11.7. The van der Waals surface area contributed by atoms with Crippen molar-refractivity contribution >= 4 is 22.4 Å². The number of aliphatic hydroxyl groups is 1. The molecule has 0 aromatic carbocycles. The standard InChI is InChI=1S/C11H20N4O2S/c1-4-15(5-6-16)7-9(17)12-11-14-13-10(18-11)8(2)3/h8,16H,4-7H2,1-3H3,(H,12,14,17). The molecule has 0 radical (unpaired) electrons. The van der Waals surface area contributed by atoms with Crippen molar-refractivity contribution in [1.82, 2.24) is 15.1 Å². The summed E-state index contributed by atoms with van der Waals surface area (Å²) in [7, 11) is 0. The van der Waals surface area contributed by atoms with E-state index in [1.165, 1.54) is 11.3 Å². The summed E-state index contributed by atoms with van der Waals surface area (Å²) in [5.41, 5.74) is 0. The Morgan fingerprint density at radius 3 is 2.72 bits per heavy atom. The largest absolute Gasteiger partial charge is 0.395 e. The number of nitrogens with zero attached hydrogens (tertiary/aromatic N) is 3. The Bertz CT molecular complexity index is 381. The highest BCUT2D eigenvalue weighted by Gasteiger charge is 2.12. The summed E-state index contributed by atoms with van der Waals surface area (Å²) in [6.45, 7) is 7.55. The molecule has 1 aromatic rings. The van der Waals surface area contributed by atoms with Gasteiger partial charge in [-0.2, -0.15) is 0 Å². The predicted molar refractivity (Wildman–Crippen MR) is 71.8 cm³/mol. The molecule has 0 saturated carbocycles. The minimum Gasteiger partial charge on any atom is -0.395 e. The molecule has 0 aliphatic rings. The van der Waals surface area contributed by atoms with Crippen LogP contribution in [0.2, 0.25) is 0 Å². The number of carbonyl (C=O) groups is 1. The fraction of sp³-hybridized carbons (Fsp3) is 0.727. The Balaban J connectivity index is 2.48. The number of aliphatic hydroxyl groups excluding tert-OH is 1. The van der Waals surface area contributed by atoms with Crippen LogP contribution in [0, 0.1) is 0 Å². The molecule has 1 aromatic heterocycles. The normalized spacial score (nSPS) is 11.2. The van der Waals surface area contributed by atoms with Gasteiger partial charge in [0.15, 0.2) is 0 Å². The molecule has 0 aliphatic heterocycles. The lowest BCUT2D eigenvalue weighted by Gasteiger charge is -2.17. The fourth-order valence-electron chi connectivity index (χ4n) is 1.37. The van der Waals surface area contributed by atoms with E-state index < -0.39 is 0 Å². The second kappa shape index (κ2) is 7.40. The number of rotatable bonds is 7. The molecule has 1 amide bonds. The van der Waals surface area contributed by atoms with Crippen molar-refractivity contribution in [2.24, 2.45) is 0 Å². The highest BCUT2D eigenvalue weighted by atomic mass is 32.1. The van der Waals surface area contributed by atoms with E-state index in [0.29, 0.717) is 17.6 Å². The molecular formula is C11H20N4O2S. The summed E-state index contributed by atoms with van der Waals surface area (Å²) >= 11 is 1.40. The highest BCUT2D eigenvalue weighted by molar-refractivity contribution is 7.15. The van der Waals surface area contributed by atoms with Crippen LogP contribution in [0.1, 0.15) is 31.7 Å². The maximum Gasteiger partial charge on any atom is 0.240 e. The van der Waals surface area contributed by atoms with E-state index in [1.807, 2.05) is 25.7 Å². The quantitative estimate of drug-likeness (QED) is 0.771. The number of anilines is 1. The molecule has 0 aliphatic carbocycles. The number of amides is 1.